The van der Waals surface area contributed by atoms with Crippen molar-refractivity contribution in [3.05, 3.63) is 35.4 Å². The molecule has 0 unspecified atom stereocenters. The van der Waals surface area contributed by atoms with Crippen molar-refractivity contribution < 1.29 is 27.6 Å². The Morgan fingerprint density at radius 2 is 1.62 bits per heavy atom. The number of carbonyl (C=O) groups is 1. The number of aromatic carboxylic acids is 1. The van der Waals surface area contributed by atoms with Crippen LogP contribution in [0, 0.1) is 0 Å². The summed E-state index contributed by atoms with van der Waals surface area (Å²) in [6, 6.07) is 5.72. The van der Waals surface area contributed by atoms with E-state index in [4.69, 9.17) is 14.4 Å². The third-order valence-corrected chi connectivity index (χ3v) is 5.65. The van der Waals surface area contributed by atoms with Gasteiger partial charge in [-0.2, -0.15) is 0 Å². The molecule has 0 aromatic heterocycles. The van der Waals surface area contributed by atoms with E-state index in [9.17, 15) is 13.2 Å². The number of carboxylic acids is 1. The Balaban J connectivity index is 1.94. The van der Waals surface area contributed by atoms with Crippen LogP contribution >= 0.6 is 0 Å². The Labute approximate surface area is 142 Å². The summed E-state index contributed by atoms with van der Waals surface area (Å²) in [6.07, 6.45) is 0.0163. The predicted molar refractivity (Wildman–Crippen MR) is 90.1 cm³/mol. The van der Waals surface area contributed by atoms with Crippen LogP contribution in [0.25, 0.3) is 0 Å². The number of benzene rings is 1. The van der Waals surface area contributed by atoms with E-state index < -0.39 is 34.3 Å². The largest absolute Gasteiger partial charge is 0.478 e. The van der Waals surface area contributed by atoms with Crippen molar-refractivity contribution in [3.8, 4) is 0 Å². The molecule has 9 heteroatoms. The first kappa shape index (κ1) is 18.9. The number of hydrogen-bond donors (Lipinski definition) is 2. The quantitative estimate of drug-likeness (QED) is 0.749. The van der Waals surface area contributed by atoms with Crippen LogP contribution in [0.2, 0.25) is 0 Å². The summed E-state index contributed by atoms with van der Waals surface area (Å²) in [4.78, 5) is 10.8. The summed E-state index contributed by atoms with van der Waals surface area (Å²) in [5, 5.41) is 8.84. The smallest absolute Gasteiger partial charge is 0.473 e. The summed E-state index contributed by atoms with van der Waals surface area (Å²) in [5.74, 6) is -1.30. The fourth-order valence-electron chi connectivity index (χ4n) is 2.26. The zero-order valence-electron chi connectivity index (χ0n) is 14.2. The highest BCUT2D eigenvalue weighted by Gasteiger charge is 2.51. The third kappa shape index (κ3) is 4.35. The molecule has 0 spiro atoms. The zero-order valence-corrected chi connectivity index (χ0v) is 15.0. The average Bonchev–Trinajstić information content (AvgIpc) is 2.65. The molecule has 0 bridgehead atoms. The molecule has 1 aliphatic heterocycles. The molecule has 2 rings (SSSR count). The molecule has 0 saturated carbocycles. The van der Waals surface area contributed by atoms with Gasteiger partial charge in [0.2, 0.25) is 10.0 Å². The van der Waals surface area contributed by atoms with Gasteiger partial charge in [0.1, 0.15) is 0 Å². The first-order valence-electron chi connectivity index (χ1n) is 7.57. The van der Waals surface area contributed by atoms with Crippen LogP contribution in [-0.2, 0) is 25.1 Å². The van der Waals surface area contributed by atoms with Crippen LogP contribution in [0.3, 0.4) is 0 Å². The molecule has 24 heavy (non-hydrogen) atoms. The van der Waals surface area contributed by atoms with Crippen molar-refractivity contribution in [2.75, 3.05) is 6.44 Å². The zero-order chi connectivity index (χ0) is 18.2. The second-order valence-corrected chi connectivity index (χ2v) is 8.60. The molecule has 0 aliphatic carbocycles. The SMILES string of the molecule is CC1(C)OB(CNS(=O)(=O)Cc2ccc(C(=O)O)cc2)OC1(C)C. The second kappa shape index (κ2) is 6.47. The first-order chi connectivity index (χ1) is 10.9. The molecule has 0 atom stereocenters. The summed E-state index contributed by atoms with van der Waals surface area (Å²) >= 11 is 0. The number of carboxylic acid groups (broad SMARTS) is 1. The van der Waals surface area contributed by atoms with Crippen LogP contribution in [0.15, 0.2) is 24.3 Å². The van der Waals surface area contributed by atoms with Gasteiger partial charge in [0.15, 0.2) is 0 Å². The summed E-state index contributed by atoms with van der Waals surface area (Å²) in [6.45, 7) is 7.58. The van der Waals surface area contributed by atoms with E-state index >= 15 is 0 Å². The van der Waals surface area contributed by atoms with Gasteiger partial charge in [0.25, 0.3) is 0 Å². The maximum absolute atomic E-state index is 12.2. The van der Waals surface area contributed by atoms with Gasteiger partial charge in [-0.05, 0) is 45.4 Å². The van der Waals surface area contributed by atoms with Crippen LogP contribution in [0.1, 0.15) is 43.6 Å². The monoisotopic (exact) mass is 355 g/mol. The molecule has 2 N–H and O–H groups in total. The van der Waals surface area contributed by atoms with Crippen LogP contribution < -0.4 is 4.72 Å². The van der Waals surface area contributed by atoms with Gasteiger partial charge in [-0.25, -0.2) is 17.9 Å². The van der Waals surface area contributed by atoms with E-state index in [1.54, 1.807) is 0 Å². The molecule has 7 nitrogen and oxygen atoms in total. The van der Waals surface area contributed by atoms with E-state index in [-0.39, 0.29) is 17.8 Å². The Kier molecular flexibility index (Phi) is 5.10. The lowest BCUT2D eigenvalue weighted by Gasteiger charge is -2.32. The highest BCUT2D eigenvalue weighted by Crippen LogP contribution is 2.36. The Bertz CT molecular complexity index is 698. The number of hydrogen-bond acceptors (Lipinski definition) is 5. The van der Waals surface area contributed by atoms with Gasteiger partial charge in [-0.1, -0.05) is 12.1 Å². The van der Waals surface area contributed by atoms with Gasteiger partial charge in [-0.3, -0.25) is 0 Å². The highest BCUT2D eigenvalue weighted by atomic mass is 32.2. The minimum atomic E-state index is -3.59. The molecule has 1 aliphatic rings. The number of nitrogens with one attached hydrogen (secondary N) is 1. The predicted octanol–water partition coefficient (Wildman–Crippen LogP) is 1.44. The fourth-order valence-corrected chi connectivity index (χ4v) is 3.38. The minimum absolute atomic E-state index is 0.0163. The molecule has 1 heterocycles. The van der Waals surface area contributed by atoms with Gasteiger partial charge in [-0.15, -0.1) is 0 Å². The van der Waals surface area contributed by atoms with Crippen LogP contribution in [0.4, 0.5) is 0 Å². The van der Waals surface area contributed by atoms with E-state index in [0.29, 0.717) is 5.56 Å². The fraction of sp³-hybridized carbons (Fsp3) is 0.533. The van der Waals surface area contributed by atoms with Gasteiger partial charge >= 0.3 is 13.1 Å². The van der Waals surface area contributed by atoms with Crippen molar-refractivity contribution in [1.82, 2.24) is 4.72 Å². The molecule has 132 valence electrons. The van der Waals surface area contributed by atoms with Crippen molar-refractivity contribution in [2.24, 2.45) is 0 Å². The van der Waals surface area contributed by atoms with Crippen LogP contribution in [-0.4, -0.2) is 44.3 Å². The van der Waals surface area contributed by atoms with Crippen LogP contribution in [0.5, 0.6) is 0 Å². The summed E-state index contributed by atoms with van der Waals surface area (Å²) in [7, 11) is -4.24. The number of rotatable bonds is 6. The lowest BCUT2D eigenvalue weighted by Crippen LogP contribution is -2.41. The molecule has 1 aromatic rings. The van der Waals surface area contributed by atoms with E-state index in [0.717, 1.165) is 0 Å². The van der Waals surface area contributed by atoms with E-state index in [1.165, 1.54) is 24.3 Å². The van der Waals surface area contributed by atoms with Crippen molar-refractivity contribution in [2.45, 2.75) is 44.6 Å². The number of sulfonamides is 1. The van der Waals surface area contributed by atoms with Gasteiger partial charge in [0.05, 0.1) is 22.5 Å². The average molecular weight is 355 g/mol. The second-order valence-electron chi connectivity index (χ2n) is 6.80. The topological polar surface area (TPSA) is 102 Å². The summed E-state index contributed by atoms with van der Waals surface area (Å²) in [5.41, 5.74) is -0.423. The molecule has 1 fully saturated rings. The van der Waals surface area contributed by atoms with E-state index in [2.05, 4.69) is 4.72 Å². The lowest BCUT2D eigenvalue weighted by molar-refractivity contribution is 0.00578. The third-order valence-electron chi connectivity index (χ3n) is 4.33. The Morgan fingerprint density at radius 3 is 2.08 bits per heavy atom. The van der Waals surface area contributed by atoms with Crippen molar-refractivity contribution in [3.63, 3.8) is 0 Å². The van der Waals surface area contributed by atoms with Crippen molar-refractivity contribution >= 4 is 23.1 Å². The molecule has 1 aromatic carbocycles. The standard InChI is InChI=1S/C15H22BNO6S/c1-14(2)15(3,4)23-16(22-14)10-17-24(20,21)9-11-5-7-12(8-6-11)13(18)19/h5-8,17H,9-10H2,1-4H3,(H,18,19). The highest BCUT2D eigenvalue weighted by molar-refractivity contribution is 7.88. The summed E-state index contributed by atoms with van der Waals surface area (Å²) < 4.78 is 38.3. The molecule has 0 amide bonds. The maximum atomic E-state index is 12.2. The molecule has 0 radical (unpaired) electrons. The Morgan fingerprint density at radius 1 is 1.12 bits per heavy atom. The molecular formula is C15H22BNO6S. The van der Waals surface area contributed by atoms with E-state index in [1.807, 2.05) is 27.7 Å². The normalized spacial score (nSPS) is 19.4. The molecular weight excluding hydrogens is 333 g/mol. The maximum Gasteiger partial charge on any atom is 0.473 e. The van der Waals surface area contributed by atoms with Gasteiger partial charge < -0.3 is 14.4 Å². The minimum Gasteiger partial charge on any atom is -0.478 e. The lowest BCUT2D eigenvalue weighted by atomic mass is 9.90. The van der Waals surface area contributed by atoms with Crippen molar-refractivity contribution in [1.29, 1.82) is 0 Å². The van der Waals surface area contributed by atoms with Gasteiger partial charge in [0, 0.05) is 6.44 Å². The Hall–Kier alpha value is -1.42. The first-order valence-corrected chi connectivity index (χ1v) is 9.22. The molecule has 1 saturated heterocycles.